The van der Waals surface area contributed by atoms with Gasteiger partial charge in [0.2, 0.25) is 10.0 Å². The van der Waals surface area contributed by atoms with Gasteiger partial charge in [0.25, 0.3) is 0 Å². The maximum Gasteiger partial charge on any atom is 0.310 e. The molecule has 1 aliphatic carbocycles. The molecule has 0 amide bonds. The zero-order chi connectivity index (χ0) is 14.9. The van der Waals surface area contributed by atoms with Crippen LogP contribution < -0.4 is 0 Å². The largest absolute Gasteiger partial charge is 0.481 e. The van der Waals surface area contributed by atoms with Crippen molar-refractivity contribution in [1.82, 2.24) is 4.31 Å². The van der Waals surface area contributed by atoms with Gasteiger partial charge < -0.3 is 9.84 Å². The van der Waals surface area contributed by atoms with Gasteiger partial charge in [0.05, 0.1) is 24.2 Å². The first-order valence-electron chi connectivity index (χ1n) is 6.67. The number of hydrogen-bond donors (Lipinski definition) is 1. The molecule has 0 bridgehead atoms. The molecule has 8 heteroatoms. The normalized spacial score (nSPS) is 31.4. The summed E-state index contributed by atoms with van der Waals surface area (Å²) in [7, 11) is -2.39. The van der Waals surface area contributed by atoms with Crippen LogP contribution in [0.3, 0.4) is 0 Å². The number of methoxy groups -OCH3 is 1. The highest BCUT2D eigenvalue weighted by Crippen LogP contribution is 2.35. The Balaban J connectivity index is 2.14. The maximum absolute atomic E-state index is 12.6. The fraction of sp³-hybridized carbons (Fsp3) is 0.833. The lowest BCUT2D eigenvalue weighted by Gasteiger charge is -2.24. The van der Waals surface area contributed by atoms with Gasteiger partial charge in [-0.2, -0.15) is 0 Å². The van der Waals surface area contributed by atoms with E-state index in [2.05, 4.69) is 4.74 Å². The second-order valence-electron chi connectivity index (χ2n) is 5.33. The third-order valence-corrected chi connectivity index (χ3v) is 6.58. The molecule has 114 valence electrons. The number of esters is 1. The Morgan fingerprint density at radius 3 is 2.50 bits per heavy atom. The first-order valence-corrected chi connectivity index (χ1v) is 8.18. The standard InChI is InChI=1S/C12H19NO6S/c1-19-12(16)9-3-2-4-10(9)20(17,18)13-6-5-8(7-13)11(14)15/h8-10H,2-7H2,1H3,(H,14,15). The highest BCUT2D eigenvalue weighted by Gasteiger charge is 2.47. The van der Waals surface area contributed by atoms with E-state index in [9.17, 15) is 18.0 Å². The third-order valence-electron chi connectivity index (χ3n) is 4.20. The van der Waals surface area contributed by atoms with Crippen LogP contribution in [0, 0.1) is 11.8 Å². The maximum atomic E-state index is 12.6. The van der Waals surface area contributed by atoms with Crippen molar-refractivity contribution in [2.24, 2.45) is 11.8 Å². The Morgan fingerprint density at radius 1 is 1.25 bits per heavy atom. The van der Waals surface area contributed by atoms with Crippen LogP contribution in [0.1, 0.15) is 25.7 Å². The number of rotatable bonds is 4. The number of carbonyl (C=O) groups is 2. The SMILES string of the molecule is COC(=O)C1CCCC1S(=O)(=O)N1CCC(C(=O)O)C1. The minimum atomic E-state index is -3.64. The molecule has 2 fully saturated rings. The van der Waals surface area contributed by atoms with Crippen molar-refractivity contribution in [3.63, 3.8) is 0 Å². The predicted molar refractivity (Wildman–Crippen MR) is 69.4 cm³/mol. The highest BCUT2D eigenvalue weighted by atomic mass is 32.2. The highest BCUT2D eigenvalue weighted by molar-refractivity contribution is 7.89. The number of carboxylic acids is 1. The molecular weight excluding hydrogens is 286 g/mol. The average Bonchev–Trinajstić information content (AvgIpc) is 3.06. The molecule has 0 aromatic carbocycles. The summed E-state index contributed by atoms with van der Waals surface area (Å²) in [6, 6.07) is 0. The number of hydrogen-bond acceptors (Lipinski definition) is 5. The summed E-state index contributed by atoms with van der Waals surface area (Å²) < 4.78 is 31.0. The summed E-state index contributed by atoms with van der Waals surface area (Å²) in [5, 5.41) is 8.17. The zero-order valence-electron chi connectivity index (χ0n) is 11.3. The lowest BCUT2D eigenvalue weighted by Crippen LogP contribution is -2.41. The molecule has 0 aromatic rings. The topological polar surface area (TPSA) is 101 Å². The van der Waals surface area contributed by atoms with E-state index in [0.717, 1.165) is 0 Å². The second kappa shape index (κ2) is 5.69. The predicted octanol–water partition coefficient (Wildman–Crippen LogP) is 0.0644. The summed E-state index contributed by atoms with van der Waals surface area (Å²) in [5.41, 5.74) is 0. The van der Waals surface area contributed by atoms with Crippen LogP contribution in [0.2, 0.25) is 0 Å². The molecule has 0 spiro atoms. The Bertz CT molecular complexity index is 502. The molecule has 1 saturated carbocycles. The van der Waals surface area contributed by atoms with Gasteiger partial charge in [-0.1, -0.05) is 6.42 Å². The number of nitrogens with zero attached hydrogens (tertiary/aromatic N) is 1. The van der Waals surface area contributed by atoms with Crippen LogP contribution in [0.15, 0.2) is 0 Å². The van der Waals surface area contributed by atoms with Gasteiger partial charge in [0, 0.05) is 13.1 Å². The summed E-state index contributed by atoms with van der Waals surface area (Å²) in [6.07, 6.45) is 1.92. The first kappa shape index (κ1) is 15.2. The van der Waals surface area contributed by atoms with Gasteiger partial charge in [0.15, 0.2) is 0 Å². The molecule has 0 radical (unpaired) electrons. The van der Waals surface area contributed by atoms with Gasteiger partial charge in [0.1, 0.15) is 0 Å². The molecule has 3 unspecified atom stereocenters. The second-order valence-corrected chi connectivity index (χ2v) is 7.48. The van der Waals surface area contributed by atoms with E-state index < -0.39 is 39.0 Å². The third kappa shape index (κ3) is 2.67. The van der Waals surface area contributed by atoms with Crippen LogP contribution in [0.4, 0.5) is 0 Å². The van der Waals surface area contributed by atoms with Crippen LogP contribution in [-0.4, -0.2) is 55.2 Å². The smallest absolute Gasteiger partial charge is 0.310 e. The summed E-state index contributed by atoms with van der Waals surface area (Å²) in [6.45, 7) is 0.214. The van der Waals surface area contributed by atoms with E-state index in [1.807, 2.05) is 0 Å². The summed E-state index contributed by atoms with van der Waals surface area (Å²) >= 11 is 0. The molecule has 1 aliphatic heterocycles. The number of sulfonamides is 1. The van der Waals surface area contributed by atoms with Gasteiger partial charge >= 0.3 is 11.9 Å². The Hall–Kier alpha value is -1.15. The van der Waals surface area contributed by atoms with Crippen LogP contribution in [-0.2, 0) is 24.3 Å². The van der Waals surface area contributed by atoms with Crippen LogP contribution in [0.5, 0.6) is 0 Å². The van der Waals surface area contributed by atoms with Crippen molar-refractivity contribution in [3.8, 4) is 0 Å². The van der Waals surface area contributed by atoms with Crippen LogP contribution in [0.25, 0.3) is 0 Å². The van der Waals surface area contributed by atoms with E-state index in [1.165, 1.54) is 11.4 Å². The minimum absolute atomic E-state index is 0.00204. The van der Waals surface area contributed by atoms with E-state index in [1.54, 1.807) is 0 Å². The molecule has 1 N–H and O–H groups in total. The quantitative estimate of drug-likeness (QED) is 0.737. The van der Waals surface area contributed by atoms with Gasteiger partial charge in [-0.3, -0.25) is 9.59 Å². The fourth-order valence-corrected chi connectivity index (χ4v) is 5.31. The lowest BCUT2D eigenvalue weighted by atomic mass is 10.1. The van der Waals surface area contributed by atoms with E-state index in [4.69, 9.17) is 5.11 Å². The summed E-state index contributed by atoms with van der Waals surface area (Å²) in [5.74, 6) is -2.75. The first-order chi connectivity index (χ1) is 9.37. The van der Waals surface area contributed by atoms with Crippen molar-refractivity contribution in [3.05, 3.63) is 0 Å². The monoisotopic (exact) mass is 305 g/mol. The number of ether oxygens (including phenoxy) is 1. The molecule has 20 heavy (non-hydrogen) atoms. The Labute approximate surface area is 117 Å². The molecule has 0 aromatic heterocycles. The molecule has 2 rings (SSSR count). The van der Waals surface area contributed by atoms with E-state index in [-0.39, 0.29) is 13.1 Å². The molecule has 7 nitrogen and oxygen atoms in total. The van der Waals surface area contributed by atoms with Gasteiger partial charge in [-0.05, 0) is 19.3 Å². The van der Waals surface area contributed by atoms with Gasteiger partial charge in [-0.15, -0.1) is 0 Å². The number of carboxylic acid groups (broad SMARTS) is 1. The van der Waals surface area contributed by atoms with Crippen molar-refractivity contribution in [2.45, 2.75) is 30.9 Å². The van der Waals surface area contributed by atoms with Gasteiger partial charge in [-0.25, -0.2) is 12.7 Å². The minimum Gasteiger partial charge on any atom is -0.481 e. The van der Waals surface area contributed by atoms with E-state index in [0.29, 0.717) is 25.7 Å². The van der Waals surface area contributed by atoms with Crippen molar-refractivity contribution >= 4 is 22.0 Å². The molecular formula is C12H19NO6S. The number of aliphatic carboxylic acids is 1. The molecule has 1 heterocycles. The van der Waals surface area contributed by atoms with Crippen molar-refractivity contribution < 1.29 is 27.9 Å². The molecule has 2 aliphatic rings. The van der Waals surface area contributed by atoms with Crippen LogP contribution >= 0.6 is 0 Å². The number of carbonyl (C=O) groups excluding carboxylic acids is 1. The molecule has 1 saturated heterocycles. The fourth-order valence-electron chi connectivity index (χ4n) is 3.06. The average molecular weight is 305 g/mol. The zero-order valence-corrected chi connectivity index (χ0v) is 12.1. The summed E-state index contributed by atoms with van der Waals surface area (Å²) in [4.78, 5) is 22.6. The lowest BCUT2D eigenvalue weighted by molar-refractivity contribution is -0.145. The van der Waals surface area contributed by atoms with Crippen molar-refractivity contribution in [1.29, 1.82) is 0 Å². The Morgan fingerprint density at radius 2 is 1.95 bits per heavy atom. The van der Waals surface area contributed by atoms with E-state index >= 15 is 0 Å². The molecule has 3 atom stereocenters. The van der Waals surface area contributed by atoms with Crippen molar-refractivity contribution in [2.75, 3.05) is 20.2 Å². The Kier molecular flexibility index (Phi) is 4.33.